The summed E-state index contributed by atoms with van der Waals surface area (Å²) < 4.78 is 1.02. The largest absolute Gasteiger partial charge is 0.314 e. The van der Waals surface area contributed by atoms with Crippen molar-refractivity contribution < 1.29 is 9.28 Å². The lowest BCUT2D eigenvalue weighted by Gasteiger charge is -2.50. The Bertz CT molecular complexity index is 399. The molecule has 0 unspecified atom stereocenters. The fourth-order valence-corrected chi connectivity index (χ4v) is 2.99. The van der Waals surface area contributed by atoms with Gasteiger partial charge in [-0.15, -0.1) is 17.0 Å². The van der Waals surface area contributed by atoms with Crippen molar-refractivity contribution in [2.75, 3.05) is 45.8 Å². The van der Waals surface area contributed by atoms with Gasteiger partial charge in [0, 0.05) is 25.2 Å². The van der Waals surface area contributed by atoms with Crippen molar-refractivity contribution in [3.05, 3.63) is 35.9 Å². The fraction of sp³-hybridized carbons (Fsp3) is 0.500. The molecule has 0 amide bonds. The number of carbonyl (C=O) groups excluding carboxylic acids is 1. The number of hydrogen-bond acceptors (Lipinski definition) is 2. The lowest BCUT2D eigenvalue weighted by atomic mass is 10.1. The van der Waals surface area contributed by atoms with Crippen LogP contribution in [-0.4, -0.2) is 61.0 Å². The topological polar surface area (TPSA) is 20.3 Å². The van der Waals surface area contributed by atoms with E-state index in [1.807, 2.05) is 30.3 Å². The molecule has 18 heavy (non-hydrogen) atoms. The number of piperazine rings is 3. The van der Waals surface area contributed by atoms with E-state index in [0.717, 1.165) is 29.7 Å². The number of rotatable bonds is 3. The highest BCUT2D eigenvalue weighted by Crippen LogP contribution is 2.20. The second-order valence-corrected chi connectivity index (χ2v) is 5.30. The van der Waals surface area contributed by atoms with Crippen LogP contribution in [0.5, 0.6) is 0 Å². The number of hydrogen-bond donors (Lipinski definition) is 0. The van der Waals surface area contributed by atoms with E-state index >= 15 is 0 Å². The van der Waals surface area contributed by atoms with Crippen LogP contribution in [0.4, 0.5) is 0 Å². The maximum atomic E-state index is 12.3. The molecule has 0 aliphatic carbocycles. The zero-order valence-corrected chi connectivity index (χ0v) is 12.3. The van der Waals surface area contributed by atoms with Gasteiger partial charge in [0.05, 0.1) is 19.6 Å². The molecule has 1 aromatic carbocycles. The van der Waals surface area contributed by atoms with Crippen molar-refractivity contribution in [3.8, 4) is 0 Å². The predicted octanol–water partition coefficient (Wildman–Crippen LogP) is 1.59. The number of fused-ring (bicyclic) bond motifs is 3. The first kappa shape index (κ1) is 13.7. The summed E-state index contributed by atoms with van der Waals surface area (Å²) in [4.78, 5) is 14.8. The molecule has 4 heteroatoms. The van der Waals surface area contributed by atoms with Crippen LogP contribution in [0.1, 0.15) is 10.4 Å². The number of Topliss-reactive ketones (excluding diaryl/α,β-unsaturated/α-hetero) is 1. The summed E-state index contributed by atoms with van der Waals surface area (Å²) in [6.45, 7) is 7.65. The molecule has 98 valence electrons. The van der Waals surface area contributed by atoms with E-state index in [0.29, 0.717) is 12.3 Å². The molecule has 3 aliphatic rings. The van der Waals surface area contributed by atoms with Gasteiger partial charge in [-0.2, -0.15) is 0 Å². The number of quaternary nitrogens is 1. The third-order valence-electron chi connectivity index (χ3n) is 4.25. The average molecular weight is 312 g/mol. The second kappa shape index (κ2) is 5.51. The van der Waals surface area contributed by atoms with Crippen LogP contribution in [0.3, 0.4) is 0 Å². The number of ketones is 1. The highest BCUT2D eigenvalue weighted by atomic mass is 79.9. The number of benzene rings is 1. The quantitative estimate of drug-likeness (QED) is 0.624. The molecule has 1 aromatic rings. The van der Waals surface area contributed by atoms with Gasteiger partial charge in [0.25, 0.3) is 0 Å². The van der Waals surface area contributed by atoms with Crippen LogP contribution in [-0.2, 0) is 0 Å². The Balaban J connectivity index is 0.00000120. The van der Waals surface area contributed by atoms with Crippen molar-refractivity contribution in [1.29, 1.82) is 0 Å². The summed E-state index contributed by atoms with van der Waals surface area (Å²) in [5.74, 6) is 0.306. The molecular weight excluding hydrogens is 292 g/mol. The highest BCUT2D eigenvalue weighted by Gasteiger charge is 2.39. The monoisotopic (exact) mass is 311 g/mol. The van der Waals surface area contributed by atoms with Gasteiger partial charge >= 0.3 is 0 Å². The molecule has 3 aliphatic heterocycles. The van der Waals surface area contributed by atoms with E-state index in [2.05, 4.69) is 4.90 Å². The van der Waals surface area contributed by atoms with Crippen LogP contribution in [0, 0.1) is 0 Å². The van der Waals surface area contributed by atoms with Gasteiger partial charge < -0.3 is 4.48 Å². The molecule has 3 saturated heterocycles. The third kappa shape index (κ3) is 2.66. The van der Waals surface area contributed by atoms with Gasteiger partial charge in [-0.3, -0.25) is 9.69 Å². The van der Waals surface area contributed by atoms with Crippen molar-refractivity contribution in [2.45, 2.75) is 0 Å². The molecule has 3 heterocycles. The summed E-state index contributed by atoms with van der Waals surface area (Å²) in [5.41, 5.74) is 0.869. The second-order valence-electron chi connectivity index (χ2n) is 5.30. The predicted molar refractivity (Wildman–Crippen MR) is 77.3 cm³/mol. The first-order valence-corrected chi connectivity index (χ1v) is 6.43. The zero-order chi connectivity index (χ0) is 11.7. The normalized spacial score (nSPS) is 29.7. The standard InChI is InChI=1S/C14H19N2O.BrH/c17-14(13-4-2-1-3-5-13)12-16-9-6-15(7-10-16)8-11-16;/h1-5H,6-12H2;1H/q+1;. The van der Waals surface area contributed by atoms with Gasteiger partial charge in [-0.05, 0) is 0 Å². The molecule has 0 atom stereocenters. The molecule has 0 saturated carbocycles. The Kier molecular flexibility index (Phi) is 4.20. The fourth-order valence-electron chi connectivity index (χ4n) is 2.99. The molecule has 4 rings (SSSR count). The van der Waals surface area contributed by atoms with Crippen molar-refractivity contribution >= 4 is 22.8 Å². The minimum Gasteiger partial charge on any atom is -0.314 e. The van der Waals surface area contributed by atoms with Crippen LogP contribution in [0.25, 0.3) is 0 Å². The average Bonchev–Trinajstić information content (AvgIpc) is 2.41. The summed E-state index contributed by atoms with van der Waals surface area (Å²) >= 11 is 0. The van der Waals surface area contributed by atoms with Crippen LogP contribution in [0.2, 0.25) is 0 Å². The lowest BCUT2D eigenvalue weighted by molar-refractivity contribution is -0.933. The Morgan fingerprint density at radius 1 is 1.06 bits per heavy atom. The van der Waals surface area contributed by atoms with Crippen molar-refractivity contribution in [3.63, 3.8) is 0 Å². The van der Waals surface area contributed by atoms with E-state index in [1.54, 1.807) is 0 Å². The Hall–Kier alpha value is -0.710. The molecule has 0 spiro atoms. The Morgan fingerprint density at radius 3 is 2.17 bits per heavy atom. The van der Waals surface area contributed by atoms with Gasteiger partial charge in [0.1, 0.15) is 6.54 Å². The maximum Gasteiger partial charge on any atom is 0.216 e. The van der Waals surface area contributed by atoms with Gasteiger partial charge in [-0.25, -0.2) is 0 Å². The number of halogens is 1. The molecule has 2 bridgehead atoms. The van der Waals surface area contributed by atoms with E-state index in [4.69, 9.17) is 0 Å². The summed E-state index contributed by atoms with van der Waals surface area (Å²) in [6.07, 6.45) is 0. The maximum absolute atomic E-state index is 12.3. The van der Waals surface area contributed by atoms with Crippen molar-refractivity contribution in [2.24, 2.45) is 0 Å². The van der Waals surface area contributed by atoms with E-state index in [-0.39, 0.29) is 17.0 Å². The van der Waals surface area contributed by atoms with E-state index in [1.165, 1.54) is 19.6 Å². The Labute approximate surface area is 119 Å². The number of carbonyl (C=O) groups is 1. The molecule has 0 aromatic heterocycles. The van der Waals surface area contributed by atoms with Crippen LogP contribution >= 0.6 is 17.0 Å². The minimum absolute atomic E-state index is 0. The molecule has 0 radical (unpaired) electrons. The third-order valence-corrected chi connectivity index (χ3v) is 4.25. The molecule has 3 fully saturated rings. The van der Waals surface area contributed by atoms with Crippen LogP contribution in [0.15, 0.2) is 30.3 Å². The first-order chi connectivity index (χ1) is 8.27. The highest BCUT2D eigenvalue weighted by molar-refractivity contribution is 8.93. The van der Waals surface area contributed by atoms with Gasteiger partial charge in [-0.1, -0.05) is 30.3 Å². The van der Waals surface area contributed by atoms with Crippen molar-refractivity contribution in [1.82, 2.24) is 4.90 Å². The molecular formula is C14H20BrN2O+. The smallest absolute Gasteiger partial charge is 0.216 e. The summed E-state index contributed by atoms with van der Waals surface area (Å²) in [5, 5.41) is 0. The van der Waals surface area contributed by atoms with Gasteiger partial charge in [0.15, 0.2) is 0 Å². The molecule has 3 nitrogen and oxygen atoms in total. The van der Waals surface area contributed by atoms with E-state index < -0.39 is 0 Å². The number of nitrogens with zero attached hydrogens (tertiary/aromatic N) is 2. The lowest BCUT2D eigenvalue weighted by Crippen LogP contribution is -2.68. The summed E-state index contributed by atoms with van der Waals surface area (Å²) in [6, 6.07) is 9.72. The summed E-state index contributed by atoms with van der Waals surface area (Å²) in [7, 11) is 0. The van der Waals surface area contributed by atoms with Gasteiger partial charge in [0.2, 0.25) is 5.78 Å². The van der Waals surface area contributed by atoms with Crippen LogP contribution < -0.4 is 0 Å². The minimum atomic E-state index is 0. The zero-order valence-electron chi connectivity index (χ0n) is 10.5. The first-order valence-electron chi connectivity index (χ1n) is 6.43. The molecule has 0 N–H and O–H groups in total. The van der Waals surface area contributed by atoms with E-state index in [9.17, 15) is 4.79 Å². The Morgan fingerprint density at radius 2 is 1.61 bits per heavy atom. The SMILES string of the molecule is Br.O=C(C[N+]12CCN(CC1)CC2)c1ccccc1.